The van der Waals surface area contributed by atoms with Crippen LogP contribution in [-0.2, 0) is 68.1 Å². The Morgan fingerprint density at radius 2 is 1.16 bits per heavy atom. The Morgan fingerprint density at radius 1 is 0.707 bits per heavy atom. The van der Waals surface area contributed by atoms with Crippen LogP contribution in [0.1, 0.15) is 0 Å². The summed E-state index contributed by atoms with van der Waals surface area (Å²) in [6.45, 7) is 6.80. The number of rotatable bonds is 9. The van der Waals surface area contributed by atoms with Crippen LogP contribution < -0.4 is 94.0 Å². The van der Waals surface area contributed by atoms with E-state index in [0.717, 1.165) is 6.07 Å². The van der Waals surface area contributed by atoms with Gasteiger partial charge in [0.25, 0.3) is 0 Å². The van der Waals surface area contributed by atoms with Crippen molar-refractivity contribution in [2.45, 2.75) is 9.79 Å². The van der Waals surface area contributed by atoms with E-state index >= 15 is 0 Å². The Balaban J connectivity index is -0.000000701. The molecular formula is C27H26CuN5Na3O17S5-2. The second-order valence-electron chi connectivity index (χ2n) is 9.40. The maximum absolute atomic E-state index is 12.0. The van der Waals surface area contributed by atoms with Gasteiger partial charge in [-0.2, -0.15) is 27.5 Å². The van der Waals surface area contributed by atoms with Gasteiger partial charge in [0, 0.05) is 47.3 Å². The number of nitrogens with zero attached hydrogens (tertiary/aromatic N) is 4. The van der Waals surface area contributed by atoms with Crippen molar-refractivity contribution < 1.29 is 180 Å². The topological polar surface area (TPSA) is 376 Å². The molecular weight excluding hydrogens is 959 g/mol. The van der Waals surface area contributed by atoms with Gasteiger partial charge < -0.3 is 38.5 Å². The van der Waals surface area contributed by atoms with Crippen molar-refractivity contribution in [1.82, 2.24) is 0 Å². The zero-order valence-electron chi connectivity index (χ0n) is 30.3. The third-order valence-corrected chi connectivity index (χ3v) is 8.92. The van der Waals surface area contributed by atoms with Crippen molar-refractivity contribution in [1.29, 1.82) is 0 Å². The first-order valence-electron chi connectivity index (χ1n) is 13.6. The number of fused-ring (bicyclic) bond motifs is 1. The van der Waals surface area contributed by atoms with Gasteiger partial charge in [-0.3, -0.25) is 9.11 Å². The van der Waals surface area contributed by atoms with Gasteiger partial charge in [-0.1, -0.05) is 28.3 Å². The van der Waals surface area contributed by atoms with E-state index in [-0.39, 0.29) is 144 Å². The molecule has 0 spiro atoms. The van der Waals surface area contributed by atoms with Crippen LogP contribution in [0, 0.1) is 19.9 Å². The fourth-order valence-electron chi connectivity index (χ4n) is 3.63. The van der Waals surface area contributed by atoms with E-state index in [0.29, 0.717) is 27.8 Å². The third-order valence-electron chi connectivity index (χ3n) is 5.88. The number of aromatic hydroxyl groups is 2. The minimum Gasteiger partial charge on any atom is -0.726 e. The summed E-state index contributed by atoms with van der Waals surface area (Å²) in [4.78, 5) is 0.0385. The van der Waals surface area contributed by atoms with Crippen LogP contribution in [0.3, 0.4) is 0 Å². The molecule has 58 heavy (non-hydrogen) atoms. The summed E-state index contributed by atoms with van der Waals surface area (Å²) in [7, 11) is -18.3. The van der Waals surface area contributed by atoms with Crippen LogP contribution in [-0.4, -0.2) is 93.3 Å². The molecule has 0 bridgehead atoms. The average molecular weight is 985 g/mol. The quantitative estimate of drug-likeness (QED) is 0.0343. The number of hydrogen-bond donors (Lipinski definition) is 5. The summed E-state index contributed by atoms with van der Waals surface area (Å²) in [6.07, 6.45) is 0. The molecule has 0 aliphatic carbocycles. The van der Waals surface area contributed by atoms with Gasteiger partial charge in [-0.05, 0) is 42.5 Å². The number of phenolic OH excluding ortho intramolecular Hbond substituents is 2. The maximum atomic E-state index is 12.0. The van der Waals surface area contributed by atoms with E-state index in [1.165, 1.54) is 36.4 Å². The number of azo groups is 2. The van der Waals surface area contributed by atoms with Crippen molar-refractivity contribution >= 4 is 90.3 Å². The molecule has 22 nitrogen and oxygen atoms in total. The summed E-state index contributed by atoms with van der Waals surface area (Å²) >= 11 is 0. The number of benzene rings is 4. The number of phenols is 2. The Kier molecular flexibility index (Phi) is 30.7. The zero-order valence-corrected chi connectivity index (χ0v) is 41.4. The third kappa shape index (κ3) is 23.5. The summed E-state index contributed by atoms with van der Waals surface area (Å²) < 4.78 is 139. The van der Waals surface area contributed by atoms with E-state index < -0.39 is 56.8 Å². The Labute approximate surface area is 411 Å². The van der Waals surface area contributed by atoms with E-state index in [1.54, 1.807) is 25.2 Å². The normalized spacial score (nSPS) is 11.0. The van der Waals surface area contributed by atoms with Gasteiger partial charge in [0.2, 0.25) is 20.8 Å². The molecule has 0 aliphatic rings. The van der Waals surface area contributed by atoms with Crippen LogP contribution in [0.5, 0.6) is 11.5 Å². The minimum absolute atomic E-state index is 0. The standard InChI is InChI=1S/C27H24N5O6S2.Cu.3Na.2H2O4S.O3S/c1-4-39(35,36)18-8-6-17(7-9-18)29-32-26-20-11-15-24(27(34)21(20)12-14-23(26)28-3)31-30-22-13-10-19(16-25(22)33)40(37,38)5-2;;;;;2*1-5(2,3)4;1-4(2)3/h6-14,16,28,33-34H,1-2,4-5H2,3H3;;;;;2*(H2,1,2,3,4);/q-3;;3*+1;;;/p-2. The molecule has 0 atom stereocenters. The average Bonchev–Trinajstić information content (AvgIpc) is 3.05. The van der Waals surface area contributed by atoms with Crippen molar-refractivity contribution in [2.75, 3.05) is 23.9 Å². The number of anilines is 1. The second kappa shape index (κ2) is 28.2. The van der Waals surface area contributed by atoms with Crippen LogP contribution in [0.25, 0.3) is 10.8 Å². The minimum atomic E-state index is -4.92. The molecule has 307 valence electrons. The van der Waals surface area contributed by atoms with Crippen LogP contribution >= 0.6 is 0 Å². The van der Waals surface area contributed by atoms with Crippen molar-refractivity contribution in [3.8, 4) is 11.5 Å². The SMILES string of the molecule is O=S(=O)([O-])O.O=S(=O)([O-])O.O=S(=O)=O.[CH2-]CS(=O)(=O)c1ccc(N=Nc2c(NC)ccc3c(O)c(N=Nc4ccc(S(=O)(=O)C[CH2-])cc4O)[c-]cc23)cc1.[Cu].[Na+].[Na+].[Na+]. The number of nitrogens with one attached hydrogen (secondary N) is 1. The van der Waals surface area contributed by atoms with Crippen LogP contribution in [0.4, 0.5) is 28.4 Å². The molecule has 0 aromatic heterocycles. The first kappa shape index (κ1) is 63.2. The van der Waals surface area contributed by atoms with Crippen molar-refractivity contribution in [3.63, 3.8) is 0 Å². The molecule has 0 saturated carbocycles. The first-order chi connectivity index (χ1) is 24.7. The molecule has 31 heteroatoms. The summed E-state index contributed by atoms with van der Waals surface area (Å²) in [5.41, 5.74) is 1.38. The van der Waals surface area contributed by atoms with E-state index in [1.807, 2.05) is 0 Å². The van der Waals surface area contributed by atoms with E-state index in [2.05, 4.69) is 45.7 Å². The molecule has 1 radical (unpaired) electrons. The Bertz CT molecular complexity index is 2550. The first-order valence-corrected chi connectivity index (χ1v) is 20.6. The molecule has 0 saturated heterocycles. The van der Waals surface area contributed by atoms with Gasteiger partial charge >= 0.3 is 99.3 Å². The van der Waals surface area contributed by atoms with Crippen molar-refractivity contribution in [2.24, 2.45) is 20.5 Å². The predicted octanol–water partition coefficient (Wildman–Crippen LogP) is -5.85. The molecule has 0 amide bonds. The summed E-state index contributed by atoms with van der Waals surface area (Å²) in [6, 6.07) is 17.3. The number of hydrogen-bond acceptors (Lipinski definition) is 20. The summed E-state index contributed by atoms with van der Waals surface area (Å²) in [5, 5.41) is 41.4. The van der Waals surface area contributed by atoms with E-state index in [4.69, 9.17) is 47.7 Å². The van der Waals surface area contributed by atoms with Crippen molar-refractivity contribution in [3.05, 3.63) is 80.6 Å². The number of sulfone groups is 2. The molecule has 4 aromatic rings. The maximum Gasteiger partial charge on any atom is 1.00 e. The van der Waals surface area contributed by atoms with Crippen LogP contribution in [0.15, 0.2) is 90.9 Å². The molecule has 0 unspecified atom stereocenters. The largest absolute Gasteiger partial charge is 1.00 e. The molecule has 0 aliphatic heterocycles. The monoisotopic (exact) mass is 984 g/mol. The van der Waals surface area contributed by atoms with Crippen LogP contribution in [0.2, 0.25) is 0 Å². The Hall–Kier alpha value is -1.48. The van der Waals surface area contributed by atoms with E-state index in [9.17, 15) is 27.0 Å². The van der Waals surface area contributed by atoms with Gasteiger partial charge in [-0.25, -0.2) is 33.7 Å². The zero-order chi connectivity index (χ0) is 41.7. The Morgan fingerprint density at radius 3 is 1.59 bits per heavy atom. The smallest absolute Gasteiger partial charge is 0.726 e. The van der Waals surface area contributed by atoms with Gasteiger partial charge in [0.15, 0.2) is 19.7 Å². The molecule has 4 rings (SSSR count). The molecule has 0 fully saturated rings. The molecule has 5 N–H and O–H groups in total. The van der Waals surface area contributed by atoms with Gasteiger partial charge in [0.1, 0.15) is 11.4 Å². The molecule has 4 aromatic carbocycles. The predicted molar refractivity (Wildman–Crippen MR) is 186 cm³/mol. The second-order valence-corrected chi connectivity index (χ2v) is 15.7. The van der Waals surface area contributed by atoms with Gasteiger partial charge in [-0.15, -0.1) is 17.7 Å². The molecule has 0 heterocycles. The van der Waals surface area contributed by atoms with Gasteiger partial charge in [0.05, 0.1) is 21.2 Å². The fraction of sp³-hybridized carbons (Fsp3) is 0.111. The summed E-state index contributed by atoms with van der Waals surface area (Å²) in [5.74, 6) is -1.28. The fourth-order valence-corrected chi connectivity index (χ4v) is 5.22.